The number of aliphatic hydroxyl groups excluding tert-OH is 2. The summed E-state index contributed by atoms with van der Waals surface area (Å²) in [4.78, 5) is 11.0. The number of hydrogen-bond donors (Lipinski definition) is 3. The Kier molecular flexibility index (Phi) is 17.8. The number of carbonyl (C=O) groups excluding carboxylic acids is 1. The predicted octanol–water partition coefficient (Wildman–Crippen LogP) is 4.09. The van der Waals surface area contributed by atoms with Crippen LogP contribution in [0.1, 0.15) is 89.9 Å². The number of hydrogen-bond acceptors (Lipinski definition) is 3. The summed E-state index contributed by atoms with van der Waals surface area (Å²) in [5.41, 5.74) is 5.20. The molecule has 0 aromatic rings. The molecule has 0 fully saturated rings. The van der Waals surface area contributed by atoms with Gasteiger partial charge in [0, 0.05) is 6.61 Å². The number of primary amides is 1. The Morgan fingerprint density at radius 3 is 1.67 bits per heavy atom. The second kappa shape index (κ2) is 18.5. The maximum atomic E-state index is 11.0. The molecular formula is C20H39NO3. The van der Waals surface area contributed by atoms with Crippen molar-refractivity contribution in [2.45, 2.75) is 89.9 Å². The van der Waals surface area contributed by atoms with E-state index in [-0.39, 0.29) is 18.4 Å². The SMILES string of the molecule is NC(=O)C(CO)CCCCCC/C=C\CCCCCCCCCO. The third-order valence-corrected chi connectivity index (χ3v) is 4.49. The van der Waals surface area contributed by atoms with Crippen molar-refractivity contribution < 1.29 is 15.0 Å². The first kappa shape index (κ1) is 23.1. The lowest BCUT2D eigenvalue weighted by Crippen LogP contribution is -2.26. The highest BCUT2D eigenvalue weighted by molar-refractivity contribution is 5.76. The molecule has 0 aromatic heterocycles. The molecular weight excluding hydrogens is 302 g/mol. The lowest BCUT2D eigenvalue weighted by atomic mass is 10.0. The summed E-state index contributed by atoms with van der Waals surface area (Å²) in [6.45, 7) is 0.210. The summed E-state index contributed by atoms with van der Waals surface area (Å²) in [5, 5.41) is 17.7. The highest BCUT2D eigenvalue weighted by Crippen LogP contribution is 2.12. The van der Waals surface area contributed by atoms with E-state index in [0.29, 0.717) is 13.0 Å². The molecule has 0 spiro atoms. The monoisotopic (exact) mass is 341 g/mol. The molecule has 4 nitrogen and oxygen atoms in total. The van der Waals surface area contributed by atoms with Crippen molar-refractivity contribution >= 4 is 5.91 Å². The standard InChI is InChI=1S/C20H39NO3/c21-20(24)19(18-23)16-14-12-10-8-6-4-2-1-3-5-7-9-11-13-15-17-22/h2,4,19,22-23H,1,3,5-18H2,(H2,21,24)/b4-2-. The third kappa shape index (κ3) is 16.0. The molecule has 0 saturated carbocycles. The largest absolute Gasteiger partial charge is 0.396 e. The van der Waals surface area contributed by atoms with E-state index in [9.17, 15) is 4.79 Å². The number of aliphatic hydroxyl groups is 2. The molecule has 0 aliphatic heterocycles. The quantitative estimate of drug-likeness (QED) is 0.259. The molecule has 0 aliphatic carbocycles. The van der Waals surface area contributed by atoms with Crippen LogP contribution in [0.2, 0.25) is 0 Å². The Hall–Kier alpha value is -0.870. The minimum Gasteiger partial charge on any atom is -0.396 e. The molecule has 0 heterocycles. The van der Waals surface area contributed by atoms with E-state index in [0.717, 1.165) is 25.7 Å². The van der Waals surface area contributed by atoms with E-state index in [1.807, 2.05) is 0 Å². The maximum Gasteiger partial charge on any atom is 0.222 e. The van der Waals surface area contributed by atoms with Crippen LogP contribution in [0.4, 0.5) is 0 Å². The number of amides is 1. The fourth-order valence-electron chi connectivity index (χ4n) is 2.82. The van der Waals surface area contributed by atoms with Crippen molar-refractivity contribution in [1.29, 1.82) is 0 Å². The lowest BCUT2D eigenvalue weighted by molar-refractivity contribution is -0.123. The van der Waals surface area contributed by atoms with Crippen LogP contribution in [0, 0.1) is 5.92 Å². The molecule has 142 valence electrons. The fourth-order valence-corrected chi connectivity index (χ4v) is 2.82. The minimum atomic E-state index is -0.384. The molecule has 1 unspecified atom stereocenters. The van der Waals surface area contributed by atoms with Gasteiger partial charge in [-0.3, -0.25) is 4.79 Å². The van der Waals surface area contributed by atoms with E-state index in [1.54, 1.807) is 0 Å². The Morgan fingerprint density at radius 1 is 0.750 bits per heavy atom. The number of nitrogens with two attached hydrogens (primary N) is 1. The van der Waals surface area contributed by atoms with Crippen LogP contribution in [-0.2, 0) is 4.79 Å². The molecule has 4 N–H and O–H groups in total. The second-order valence-electron chi connectivity index (χ2n) is 6.73. The molecule has 1 atom stereocenters. The summed E-state index contributed by atoms with van der Waals surface area (Å²) < 4.78 is 0. The van der Waals surface area contributed by atoms with Gasteiger partial charge in [-0.25, -0.2) is 0 Å². The van der Waals surface area contributed by atoms with Gasteiger partial charge in [-0.2, -0.15) is 0 Å². The van der Waals surface area contributed by atoms with E-state index in [2.05, 4.69) is 12.2 Å². The van der Waals surface area contributed by atoms with Crippen LogP contribution in [0.15, 0.2) is 12.2 Å². The average Bonchev–Trinajstić information content (AvgIpc) is 2.57. The molecule has 0 radical (unpaired) electrons. The second-order valence-corrected chi connectivity index (χ2v) is 6.73. The Morgan fingerprint density at radius 2 is 1.21 bits per heavy atom. The van der Waals surface area contributed by atoms with Crippen molar-refractivity contribution in [1.82, 2.24) is 0 Å². The fraction of sp³-hybridized carbons (Fsp3) is 0.850. The van der Waals surface area contributed by atoms with E-state index >= 15 is 0 Å². The third-order valence-electron chi connectivity index (χ3n) is 4.49. The number of rotatable bonds is 18. The molecule has 4 heteroatoms. The van der Waals surface area contributed by atoms with Crippen molar-refractivity contribution in [3.05, 3.63) is 12.2 Å². The van der Waals surface area contributed by atoms with Crippen LogP contribution in [0.5, 0.6) is 0 Å². The van der Waals surface area contributed by atoms with Crippen molar-refractivity contribution in [3.8, 4) is 0 Å². The van der Waals surface area contributed by atoms with Crippen molar-refractivity contribution in [2.24, 2.45) is 11.7 Å². The van der Waals surface area contributed by atoms with E-state index in [4.69, 9.17) is 15.9 Å². The Labute approximate surface area is 148 Å². The first-order valence-corrected chi connectivity index (χ1v) is 9.88. The summed E-state index contributed by atoms with van der Waals surface area (Å²) >= 11 is 0. The van der Waals surface area contributed by atoms with Crippen molar-refractivity contribution in [3.63, 3.8) is 0 Å². The molecule has 0 bridgehead atoms. The van der Waals surface area contributed by atoms with Gasteiger partial charge in [0.1, 0.15) is 0 Å². The molecule has 0 aliphatic rings. The molecule has 0 rings (SSSR count). The summed E-state index contributed by atoms with van der Waals surface area (Å²) in [7, 11) is 0. The van der Waals surface area contributed by atoms with E-state index < -0.39 is 0 Å². The Bertz CT molecular complexity index is 305. The van der Waals surface area contributed by atoms with Gasteiger partial charge in [0.15, 0.2) is 0 Å². The Balaban J connectivity index is 3.23. The number of unbranched alkanes of at least 4 members (excludes halogenated alkanes) is 11. The highest BCUT2D eigenvalue weighted by Gasteiger charge is 2.12. The van der Waals surface area contributed by atoms with E-state index in [1.165, 1.54) is 57.8 Å². The van der Waals surface area contributed by atoms with Gasteiger partial charge in [-0.05, 0) is 38.5 Å². The first-order chi connectivity index (χ1) is 11.7. The van der Waals surface area contributed by atoms with Crippen LogP contribution < -0.4 is 5.73 Å². The van der Waals surface area contributed by atoms with Crippen LogP contribution in [0.25, 0.3) is 0 Å². The summed E-state index contributed by atoms with van der Waals surface area (Å²) in [6.07, 6.45) is 20.7. The van der Waals surface area contributed by atoms with Gasteiger partial charge < -0.3 is 15.9 Å². The number of carbonyl (C=O) groups is 1. The van der Waals surface area contributed by atoms with Gasteiger partial charge in [0.25, 0.3) is 0 Å². The highest BCUT2D eigenvalue weighted by atomic mass is 16.3. The smallest absolute Gasteiger partial charge is 0.222 e. The average molecular weight is 342 g/mol. The van der Waals surface area contributed by atoms with Gasteiger partial charge in [-0.1, -0.05) is 63.5 Å². The molecule has 0 aromatic carbocycles. The van der Waals surface area contributed by atoms with Gasteiger partial charge in [0.05, 0.1) is 12.5 Å². The molecule has 1 amide bonds. The zero-order chi connectivity index (χ0) is 17.9. The van der Waals surface area contributed by atoms with Crippen molar-refractivity contribution in [2.75, 3.05) is 13.2 Å². The molecule has 24 heavy (non-hydrogen) atoms. The summed E-state index contributed by atoms with van der Waals surface area (Å²) in [6, 6.07) is 0. The zero-order valence-corrected chi connectivity index (χ0v) is 15.4. The minimum absolute atomic E-state index is 0.124. The predicted molar refractivity (Wildman–Crippen MR) is 101 cm³/mol. The van der Waals surface area contributed by atoms with Gasteiger partial charge in [0.2, 0.25) is 5.91 Å². The van der Waals surface area contributed by atoms with Crippen LogP contribution in [0.3, 0.4) is 0 Å². The topological polar surface area (TPSA) is 83.6 Å². The normalized spacial score (nSPS) is 12.8. The number of allylic oxidation sites excluding steroid dienone is 2. The van der Waals surface area contributed by atoms with Crippen LogP contribution >= 0.6 is 0 Å². The lowest BCUT2D eigenvalue weighted by Gasteiger charge is -2.08. The zero-order valence-electron chi connectivity index (χ0n) is 15.4. The van der Waals surface area contributed by atoms with Crippen LogP contribution in [-0.4, -0.2) is 29.3 Å². The van der Waals surface area contributed by atoms with Gasteiger partial charge >= 0.3 is 0 Å². The first-order valence-electron chi connectivity index (χ1n) is 9.88. The summed E-state index contributed by atoms with van der Waals surface area (Å²) in [5.74, 6) is -0.745. The maximum absolute atomic E-state index is 11.0. The van der Waals surface area contributed by atoms with Gasteiger partial charge in [-0.15, -0.1) is 0 Å². The molecule has 0 saturated heterocycles.